The van der Waals surface area contributed by atoms with Gasteiger partial charge >= 0.3 is 0 Å². The molecule has 0 radical (unpaired) electrons. The molecular weight excluding hydrogens is 318 g/mol. The fourth-order valence-corrected chi connectivity index (χ4v) is 3.08. The van der Waals surface area contributed by atoms with Crippen molar-refractivity contribution in [2.24, 2.45) is 0 Å². The molecule has 25 heavy (non-hydrogen) atoms. The number of methoxy groups -OCH3 is 1. The van der Waals surface area contributed by atoms with Crippen LogP contribution in [0, 0.1) is 13.8 Å². The van der Waals surface area contributed by atoms with Crippen molar-refractivity contribution in [1.82, 2.24) is 14.9 Å². The second-order valence-electron chi connectivity index (χ2n) is 6.20. The van der Waals surface area contributed by atoms with E-state index in [-0.39, 0.29) is 12.0 Å². The van der Waals surface area contributed by atoms with Gasteiger partial charge in [0.15, 0.2) is 0 Å². The molecule has 132 valence electrons. The quantitative estimate of drug-likeness (QED) is 0.855. The van der Waals surface area contributed by atoms with Crippen LogP contribution in [0.5, 0.6) is 11.6 Å². The van der Waals surface area contributed by atoms with Crippen LogP contribution in [0.25, 0.3) is 0 Å². The minimum absolute atomic E-state index is 0.00428. The third-order valence-electron chi connectivity index (χ3n) is 4.30. The number of amides is 1. The predicted molar refractivity (Wildman–Crippen MR) is 94.1 cm³/mol. The number of hydrogen-bond acceptors (Lipinski definition) is 5. The Labute approximate surface area is 147 Å². The predicted octanol–water partition coefficient (Wildman–Crippen LogP) is 2.79. The highest BCUT2D eigenvalue weighted by Gasteiger charge is 2.26. The van der Waals surface area contributed by atoms with Crippen molar-refractivity contribution in [2.45, 2.75) is 32.8 Å². The number of likely N-dealkylation sites (tertiary alicyclic amines) is 1. The number of carbonyl (C=O) groups is 1. The van der Waals surface area contributed by atoms with Crippen molar-refractivity contribution >= 4 is 5.91 Å². The molecule has 1 aromatic carbocycles. The van der Waals surface area contributed by atoms with Crippen LogP contribution in [0.1, 0.15) is 34.7 Å². The lowest BCUT2D eigenvalue weighted by atomic mass is 10.1. The van der Waals surface area contributed by atoms with Crippen LogP contribution in [0.15, 0.2) is 30.3 Å². The molecule has 0 unspecified atom stereocenters. The summed E-state index contributed by atoms with van der Waals surface area (Å²) in [6, 6.07) is 9.17. The summed E-state index contributed by atoms with van der Waals surface area (Å²) in [7, 11) is 1.58. The average molecular weight is 341 g/mol. The van der Waals surface area contributed by atoms with Crippen molar-refractivity contribution in [3.8, 4) is 11.6 Å². The van der Waals surface area contributed by atoms with Gasteiger partial charge in [-0.15, -0.1) is 0 Å². The van der Waals surface area contributed by atoms with Gasteiger partial charge < -0.3 is 14.4 Å². The van der Waals surface area contributed by atoms with E-state index in [4.69, 9.17) is 9.47 Å². The SMILES string of the molecule is COc1ccccc1C(=O)N1CCC(Oc2cc(C)nc(C)n2)CC1. The van der Waals surface area contributed by atoms with E-state index in [0.717, 1.165) is 18.5 Å². The topological polar surface area (TPSA) is 64.5 Å². The Morgan fingerprint density at radius 3 is 2.56 bits per heavy atom. The van der Waals surface area contributed by atoms with Gasteiger partial charge in [-0.25, -0.2) is 4.98 Å². The monoisotopic (exact) mass is 341 g/mol. The number of nitrogens with zero attached hydrogens (tertiary/aromatic N) is 3. The van der Waals surface area contributed by atoms with E-state index in [1.807, 2.05) is 43.0 Å². The Balaban J connectivity index is 1.60. The van der Waals surface area contributed by atoms with Crippen molar-refractivity contribution in [3.05, 3.63) is 47.4 Å². The van der Waals surface area contributed by atoms with Crippen LogP contribution in [0.3, 0.4) is 0 Å². The molecule has 0 N–H and O–H groups in total. The molecule has 3 rings (SSSR count). The highest BCUT2D eigenvalue weighted by molar-refractivity contribution is 5.97. The van der Waals surface area contributed by atoms with Gasteiger partial charge in [-0.2, -0.15) is 4.98 Å². The number of piperidine rings is 1. The van der Waals surface area contributed by atoms with E-state index in [9.17, 15) is 4.79 Å². The van der Waals surface area contributed by atoms with Crippen LogP contribution in [-0.2, 0) is 0 Å². The zero-order chi connectivity index (χ0) is 17.8. The number of para-hydroxylation sites is 1. The Bertz CT molecular complexity index is 735. The van der Waals surface area contributed by atoms with Crippen molar-refractivity contribution in [2.75, 3.05) is 20.2 Å². The summed E-state index contributed by atoms with van der Waals surface area (Å²) in [4.78, 5) is 23.2. The van der Waals surface area contributed by atoms with Crippen molar-refractivity contribution in [3.63, 3.8) is 0 Å². The lowest BCUT2D eigenvalue weighted by Crippen LogP contribution is -2.42. The summed E-state index contributed by atoms with van der Waals surface area (Å²) in [5.41, 5.74) is 1.50. The van der Waals surface area contributed by atoms with Crippen LogP contribution < -0.4 is 9.47 Å². The molecule has 0 spiro atoms. The lowest BCUT2D eigenvalue weighted by Gasteiger charge is -2.32. The van der Waals surface area contributed by atoms with E-state index >= 15 is 0 Å². The maximum atomic E-state index is 12.7. The standard InChI is InChI=1S/C19H23N3O3/c1-13-12-18(21-14(2)20-13)25-15-8-10-22(11-9-15)19(23)16-6-4-5-7-17(16)24-3/h4-7,12,15H,8-11H2,1-3H3. The van der Waals surface area contributed by atoms with Crippen LogP contribution in [0.2, 0.25) is 0 Å². The largest absolute Gasteiger partial charge is 0.496 e. The van der Waals surface area contributed by atoms with Gasteiger partial charge in [-0.05, 0) is 26.0 Å². The minimum atomic E-state index is 0.00428. The third kappa shape index (κ3) is 4.07. The zero-order valence-corrected chi connectivity index (χ0v) is 14.9. The Hall–Kier alpha value is -2.63. The molecule has 6 nitrogen and oxygen atoms in total. The number of aryl methyl sites for hydroxylation is 2. The fraction of sp³-hybridized carbons (Fsp3) is 0.421. The highest BCUT2D eigenvalue weighted by atomic mass is 16.5. The third-order valence-corrected chi connectivity index (χ3v) is 4.30. The number of rotatable bonds is 4. The molecule has 0 bridgehead atoms. The second kappa shape index (κ2) is 7.51. The van der Waals surface area contributed by atoms with Crippen LogP contribution >= 0.6 is 0 Å². The second-order valence-corrected chi connectivity index (χ2v) is 6.20. The number of carbonyl (C=O) groups excluding carboxylic acids is 1. The van der Waals surface area contributed by atoms with Gasteiger partial charge in [0.05, 0.1) is 12.7 Å². The van der Waals surface area contributed by atoms with E-state index in [1.54, 1.807) is 13.2 Å². The number of hydrogen-bond donors (Lipinski definition) is 0. The number of benzene rings is 1. The first kappa shape index (κ1) is 17.2. The average Bonchev–Trinajstić information content (AvgIpc) is 2.61. The van der Waals surface area contributed by atoms with Gasteiger partial charge in [0, 0.05) is 37.7 Å². The number of aromatic nitrogens is 2. The molecule has 1 aromatic heterocycles. The fourth-order valence-electron chi connectivity index (χ4n) is 3.08. The Kier molecular flexibility index (Phi) is 5.16. The van der Waals surface area contributed by atoms with Crippen LogP contribution in [0.4, 0.5) is 0 Å². The first-order valence-corrected chi connectivity index (χ1v) is 8.48. The minimum Gasteiger partial charge on any atom is -0.496 e. The van der Waals surface area contributed by atoms with Gasteiger partial charge in [0.1, 0.15) is 17.7 Å². The summed E-state index contributed by atoms with van der Waals surface area (Å²) >= 11 is 0. The highest BCUT2D eigenvalue weighted by Crippen LogP contribution is 2.23. The first-order chi connectivity index (χ1) is 12.1. The molecule has 0 saturated carbocycles. The molecule has 1 aliphatic rings. The Morgan fingerprint density at radius 2 is 1.88 bits per heavy atom. The Morgan fingerprint density at radius 1 is 1.16 bits per heavy atom. The van der Waals surface area contributed by atoms with Gasteiger partial charge in [-0.1, -0.05) is 12.1 Å². The van der Waals surface area contributed by atoms with Crippen molar-refractivity contribution in [1.29, 1.82) is 0 Å². The maximum Gasteiger partial charge on any atom is 0.257 e. The van der Waals surface area contributed by atoms with Crippen LogP contribution in [-0.4, -0.2) is 47.1 Å². The molecule has 2 aromatic rings. The van der Waals surface area contributed by atoms with Crippen molar-refractivity contribution < 1.29 is 14.3 Å². The summed E-state index contributed by atoms with van der Waals surface area (Å²) in [5, 5.41) is 0. The molecule has 0 atom stereocenters. The van der Waals surface area contributed by atoms with E-state index < -0.39 is 0 Å². The molecule has 1 aliphatic heterocycles. The summed E-state index contributed by atoms with van der Waals surface area (Å²) < 4.78 is 11.3. The molecule has 1 saturated heterocycles. The molecule has 6 heteroatoms. The van der Waals surface area contributed by atoms with Gasteiger partial charge in [-0.3, -0.25) is 4.79 Å². The summed E-state index contributed by atoms with van der Waals surface area (Å²) in [6.07, 6.45) is 1.63. The molecule has 0 aliphatic carbocycles. The first-order valence-electron chi connectivity index (χ1n) is 8.48. The van der Waals surface area contributed by atoms with Gasteiger partial charge in [0.25, 0.3) is 5.91 Å². The van der Waals surface area contributed by atoms with Gasteiger partial charge in [0.2, 0.25) is 5.88 Å². The summed E-state index contributed by atoms with van der Waals surface area (Å²) in [6.45, 7) is 5.10. The number of ether oxygens (including phenoxy) is 2. The molecular formula is C19H23N3O3. The molecule has 1 amide bonds. The van der Waals surface area contributed by atoms with E-state index in [1.165, 1.54) is 0 Å². The smallest absolute Gasteiger partial charge is 0.257 e. The van der Waals surface area contributed by atoms with E-state index in [0.29, 0.717) is 36.1 Å². The molecule has 2 heterocycles. The van der Waals surface area contributed by atoms with E-state index in [2.05, 4.69) is 9.97 Å². The normalized spacial score (nSPS) is 15.1. The molecule has 1 fully saturated rings. The maximum absolute atomic E-state index is 12.7. The zero-order valence-electron chi connectivity index (χ0n) is 14.9. The summed E-state index contributed by atoms with van der Waals surface area (Å²) in [5.74, 6) is 1.93. The lowest BCUT2D eigenvalue weighted by molar-refractivity contribution is 0.0584.